The summed E-state index contributed by atoms with van der Waals surface area (Å²) in [6, 6.07) is 5.64. The van der Waals surface area contributed by atoms with Gasteiger partial charge in [0.25, 0.3) is 0 Å². The zero-order valence-corrected chi connectivity index (χ0v) is 19.1. The highest BCUT2D eigenvalue weighted by molar-refractivity contribution is 5.92. The normalized spacial score (nSPS) is 27.6. The Hall–Kier alpha value is -2.20. The van der Waals surface area contributed by atoms with E-state index in [4.69, 9.17) is 9.47 Å². The van der Waals surface area contributed by atoms with E-state index < -0.39 is 6.10 Å². The van der Waals surface area contributed by atoms with Gasteiger partial charge >= 0.3 is 0 Å². The number of aliphatic hydroxyl groups is 1. The summed E-state index contributed by atoms with van der Waals surface area (Å²) in [7, 11) is 5.76. The SMILES string of the molecule is CN(C)CC(=O)Nc1ccc2c(c1)[C@H]1C[C@H](CC(=O)N3CCN(C)CC3)O[C@H](CO)[C@H]1O2. The van der Waals surface area contributed by atoms with E-state index in [1.807, 2.05) is 42.1 Å². The first-order chi connectivity index (χ1) is 15.3. The van der Waals surface area contributed by atoms with Gasteiger partial charge in [-0.05, 0) is 45.8 Å². The Labute approximate surface area is 189 Å². The number of likely N-dealkylation sites (N-methyl/N-ethyl adjacent to an activating group) is 2. The summed E-state index contributed by atoms with van der Waals surface area (Å²) < 4.78 is 12.2. The van der Waals surface area contributed by atoms with Gasteiger partial charge in [-0.1, -0.05) is 0 Å². The van der Waals surface area contributed by atoms with Crippen molar-refractivity contribution >= 4 is 17.5 Å². The number of anilines is 1. The second-order valence-corrected chi connectivity index (χ2v) is 9.33. The number of amides is 2. The number of nitrogens with one attached hydrogen (secondary N) is 1. The molecule has 2 amide bonds. The molecule has 176 valence electrons. The molecule has 2 saturated heterocycles. The molecule has 1 aromatic carbocycles. The molecular formula is C23H34N4O5. The van der Waals surface area contributed by atoms with Gasteiger partial charge in [-0.2, -0.15) is 0 Å². The van der Waals surface area contributed by atoms with Crippen LogP contribution in [0.15, 0.2) is 18.2 Å². The van der Waals surface area contributed by atoms with Crippen LogP contribution in [0, 0.1) is 0 Å². The van der Waals surface area contributed by atoms with Gasteiger partial charge in [0.2, 0.25) is 11.8 Å². The van der Waals surface area contributed by atoms with E-state index >= 15 is 0 Å². The van der Waals surface area contributed by atoms with E-state index in [2.05, 4.69) is 17.3 Å². The minimum absolute atomic E-state index is 0.00638. The molecule has 4 rings (SSSR count). The van der Waals surface area contributed by atoms with E-state index in [1.54, 1.807) is 0 Å². The van der Waals surface area contributed by atoms with Gasteiger partial charge in [0.05, 0.1) is 25.7 Å². The molecule has 0 saturated carbocycles. The maximum absolute atomic E-state index is 12.9. The molecule has 3 heterocycles. The fourth-order valence-corrected chi connectivity index (χ4v) is 4.83. The summed E-state index contributed by atoms with van der Waals surface area (Å²) >= 11 is 0. The summed E-state index contributed by atoms with van der Waals surface area (Å²) in [5.74, 6) is 0.772. The smallest absolute Gasteiger partial charge is 0.238 e. The number of nitrogens with zero attached hydrogens (tertiary/aromatic N) is 3. The Kier molecular flexibility index (Phi) is 6.99. The van der Waals surface area contributed by atoms with Gasteiger partial charge in [-0.25, -0.2) is 0 Å². The third-order valence-electron chi connectivity index (χ3n) is 6.50. The van der Waals surface area contributed by atoms with Gasteiger partial charge in [0.15, 0.2) is 0 Å². The predicted molar refractivity (Wildman–Crippen MR) is 120 cm³/mol. The molecule has 3 aliphatic heterocycles. The first-order valence-electron chi connectivity index (χ1n) is 11.3. The quantitative estimate of drug-likeness (QED) is 0.651. The average molecular weight is 447 g/mol. The third-order valence-corrected chi connectivity index (χ3v) is 6.50. The van der Waals surface area contributed by atoms with E-state index in [-0.39, 0.29) is 36.5 Å². The van der Waals surface area contributed by atoms with Crippen molar-refractivity contribution in [2.24, 2.45) is 0 Å². The zero-order chi connectivity index (χ0) is 22.8. The van der Waals surface area contributed by atoms with Crippen LogP contribution < -0.4 is 10.1 Å². The zero-order valence-electron chi connectivity index (χ0n) is 19.1. The van der Waals surface area contributed by atoms with Crippen LogP contribution in [0.4, 0.5) is 5.69 Å². The Bertz CT molecular complexity index is 840. The summed E-state index contributed by atoms with van der Waals surface area (Å²) in [5.41, 5.74) is 1.72. The summed E-state index contributed by atoms with van der Waals surface area (Å²) in [4.78, 5) is 31.0. The van der Waals surface area contributed by atoms with Crippen LogP contribution >= 0.6 is 0 Å². The number of carbonyl (C=O) groups is 2. The molecule has 0 bridgehead atoms. The highest BCUT2D eigenvalue weighted by Gasteiger charge is 2.46. The third kappa shape index (κ3) is 5.06. The lowest BCUT2D eigenvalue weighted by Crippen LogP contribution is -2.50. The first-order valence-corrected chi connectivity index (χ1v) is 11.3. The molecular weight excluding hydrogens is 412 g/mol. The lowest BCUT2D eigenvalue weighted by atomic mass is 9.84. The molecule has 1 aromatic rings. The number of hydrogen-bond acceptors (Lipinski definition) is 7. The van der Waals surface area contributed by atoms with Gasteiger partial charge in [0.1, 0.15) is 18.0 Å². The van der Waals surface area contributed by atoms with Crippen molar-refractivity contribution in [1.29, 1.82) is 0 Å². The van der Waals surface area contributed by atoms with Crippen LogP contribution in [0.2, 0.25) is 0 Å². The number of fused-ring (bicyclic) bond motifs is 3. The fourth-order valence-electron chi connectivity index (χ4n) is 4.83. The van der Waals surface area contributed by atoms with Crippen molar-refractivity contribution in [2.75, 3.05) is 65.8 Å². The van der Waals surface area contributed by atoms with Crippen molar-refractivity contribution < 1.29 is 24.2 Å². The molecule has 0 aliphatic carbocycles. The second-order valence-electron chi connectivity index (χ2n) is 9.33. The van der Waals surface area contributed by atoms with Crippen LogP contribution in [0.5, 0.6) is 5.75 Å². The van der Waals surface area contributed by atoms with Gasteiger partial charge < -0.3 is 34.6 Å². The van der Waals surface area contributed by atoms with Gasteiger partial charge in [-0.15, -0.1) is 0 Å². The first kappa shape index (κ1) is 23.0. The van der Waals surface area contributed by atoms with Crippen LogP contribution in [0.25, 0.3) is 0 Å². The molecule has 2 N–H and O–H groups in total. The highest BCUT2D eigenvalue weighted by Crippen LogP contribution is 2.47. The number of aliphatic hydroxyl groups excluding tert-OH is 1. The van der Waals surface area contributed by atoms with Gasteiger partial charge in [-0.3, -0.25) is 9.59 Å². The lowest BCUT2D eigenvalue weighted by Gasteiger charge is -2.38. The Balaban J connectivity index is 1.45. The fraction of sp³-hybridized carbons (Fsp3) is 0.652. The number of rotatable bonds is 6. The maximum Gasteiger partial charge on any atom is 0.238 e. The molecule has 9 heteroatoms. The van der Waals surface area contributed by atoms with Crippen molar-refractivity contribution in [3.8, 4) is 5.75 Å². The van der Waals surface area contributed by atoms with Crippen molar-refractivity contribution in [3.63, 3.8) is 0 Å². The monoisotopic (exact) mass is 446 g/mol. The van der Waals surface area contributed by atoms with Crippen molar-refractivity contribution in [2.45, 2.75) is 37.1 Å². The van der Waals surface area contributed by atoms with E-state index in [0.717, 1.165) is 43.2 Å². The molecule has 0 aromatic heterocycles. The van der Waals surface area contributed by atoms with Crippen molar-refractivity contribution in [3.05, 3.63) is 23.8 Å². The number of benzene rings is 1. The van der Waals surface area contributed by atoms with Gasteiger partial charge in [0, 0.05) is 43.3 Å². The molecule has 2 fully saturated rings. The molecule has 0 spiro atoms. The van der Waals surface area contributed by atoms with E-state index in [9.17, 15) is 14.7 Å². The van der Waals surface area contributed by atoms with Crippen LogP contribution in [0.3, 0.4) is 0 Å². The molecule has 4 atom stereocenters. The molecule has 9 nitrogen and oxygen atoms in total. The second kappa shape index (κ2) is 9.74. The minimum atomic E-state index is -0.488. The largest absolute Gasteiger partial charge is 0.487 e. The lowest BCUT2D eigenvalue weighted by molar-refractivity contribution is -0.150. The maximum atomic E-state index is 12.9. The molecule has 0 radical (unpaired) electrons. The van der Waals surface area contributed by atoms with Crippen molar-refractivity contribution in [1.82, 2.24) is 14.7 Å². The van der Waals surface area contributed by atoms with E-state index in [0.29, 0.717) is 19.4 Å². The number of hydrogen-bond donors (Lipinski definition) is 2. The Morgan fingerprint density at radius 2 is 1.97 bits per heavy atom. The standard InChI is InChI=1S/C23H34N4O5/c1-25(2)13-21(29)24-15-4-5-19-17(10-15)18-11-16(31-20(14-28)23(18)32-19)12-22(30)27-8-6-26(3)7-9-27/h4-5,10,16,18,20,23,28H,6-9,11-14H2,1-3H3,(H,24,29)/t16-,18-,20-,23+/m1/s1. The Morgan fingerprint density at radius 1 is 1.22 bits per heavy atom. The number of carbonyl (C=O) groups excluding carboxylic acids is 2. The molecule has 32 heavy (non-hydrogen) atoms. The summed E-state index contributed by atoms with van der Waals surface area (Å²) in [6.07, 6.45) is -0.112. The number of piperazine rings is 1. The van der Waals surface area contributed by atoms with E-state index in [1.165, 1.54) is 0 Å². The topological polar surface area (TPSA) is 94.6 Å². The number of ether oxygens (including phenoxy) is 2. The highest BCUT2D eigenvalue weighted by atomic mass is 16.6. The Morgan fingerprint density at radius 3 is 2.66 bits per heavy atom. The minimum Gasteiger partial charge on any atom is -0.487 e. The van der Waals surface area contributed by atoms with Crippen LogP contribution in [-0.2, 0) is 14.3 Å². The summed E-state index contributed by atoms with van der Waals surface area (Å²) in [6.45, 7) is 3.37. The van der Waals surface area contributed by atoms with Crippen LogP contribution in [0.1, 0.15) is 24.3 Å². The predicted octanol–water partition coefficient (Wildman–Crippen LogP) is 0.345. The summed E-state index contributed by atoms with van der Waals surface area (Å²) in [5, 5.41) is 12.9. The molecule has 3 aliphatic rings. The average Bonchev–Trinajstić information content (AvgIpc) is 3.11. The van der Waals surface area contributed by atoms with Crippen LogP contribution in [-0.4, -0.2) is 110 Å². The molecule has 0 unspecified atom stereocenters.